The van der Waals surface area contributed by atoms with Gasteiger partial charge in [0.05, 0.1) is 20.3 Å². The summed E-state index contributed by atoms with van der Waals surface area (Å²) in [4.78, 5) is 28.2. The highest BCUT2D eigenvalue weighted by Gasteiger charge is 2.24. The maximum atomic E-state index is 12.6. The van der Waals surface area contributed by atoms with Gasteiger partial charge in [0.1, 0.15) is 11.6 Å². The Balaban J connectivity index is 1.37. The number of nitrogens with one attached hydrogen (secondary N) is 1. The molecule has 0 saturated carbocycles. The summed E-state index contributed by atoms with van der Waals surface area (Å²) in [7, 11) is 1.61. The second-order valence-corrected chi connectivity index (χ2v) is 7.40. The van der Waals surface area contributed by atoms with Gasteiger partial charge in [0, 0.05) is 62.8 Å². The van der Waals surface area contributed by atoms with Crippen LogP contribution >= 0.6 is 0 Å². The molecule has 2 aromatic rings. The fourth-order valence-electron chi connectivity index (χ4n) is 3.65. The highest BCUT2D eigenvalue weighted by atomic mass is 16.5. The van der Waals surface area contributed by atoms with Crippen molar-refractivity contribution in [2.24, 2.45) is 0 Å². The van der Waals surface area contributed by atoms with Crippen molar-refractivity contribution in [3.05, 3.63) is 36.0 Å². The molecule has 9 nitrogen and oxygen atoms in total. The molecule has 1 N–H and O–H groups in total. The van der Waals surface area contributed by atoms with Gasteiger partial charge < -0.3 is 29.5 Å². The zero-order valence-electron chi connectivity index (χ0n) is 17.5. The number of aromatic nitrogens is 2. The summed E-state index contributed by atoms with van der Waals surface area (Å²) < 4.78 is 10.7. The molecule has 3 heterocycles. The highest BCUT2D eigenvalue weighted by molar-refractivity contribution is 5.89. The summed E-state index contributed by atoms with van der Waals surface area (Å²) in [6.07, 6.45) is 0. The molecular weight excluding hydrogens is 384 g/mol. The van der Waals surface area contributed by atoms with E-state index in [4.69, 9.17) is 14.5 Å². The van der Waals surface area contributed by atoms with Crippen LogP contribution in [0.2, 0.25) is 0 Å². The lowest BCUT2D eigenvalue weighted by Gasteiger charge is -2.35. The van der Waals surface area contributed by atoms with E-state index in [9.17, 15) is 4.79 Å². The number of methoxy groups -OCH3 is 1. The zero-order chi connectivity index (χ0) is 20.9. The summed E-state index contributed by atoms with van der Waals surface area (Å²) in [5, 5.41) is 2.94. The molecule has 0 aliphatic carbocycles. The molecule has 160 valence electrons. The van der Waals surface area contributed by atoms with Crippen molar-refractivity contribution in [2.75, 3.05) is 74.7 Å². The molecule has 1 aromatic carbocycles. The second-order valence-electron chi connectivity index (χ2n) is 7.40. The number of aryl methyl sites for hydroxylation is 1. The molecule has 0 radical (unpaired) electrons. The number of hydrogen-bond acceptors (Lipinski definition) is 7. The Bertz CT molecular complexity index is 879. The van der Waals surface area contributed by atoms with Crippen LogP contribution in [0, 0.1) is 6.92 Å². The van der Waals surface area contributed by atoms with Crippen molar-refractivity contribution in [3.63, 3.8) is 0 Å². The Labute approximate surface area is 176 Å². The molecule has 2 fully saturated rings. The molecular formula is C21H28N6O3. The van der Waals surface area contributed by atoms with Crippen molar-refractivity contribution in [1.29, 1.82) is 0 Å². The Kier molecular flexibility index (Phi) is 6.18. The van der Waals surface area contributed by atoms with Crippen LogP contribution in [0.5, 0.6) is 5.75 Å². The van der Waals surface area contributed by atoms with Gasteiger partial charge in [0.15, 0.2) is 0 Å². The van der Waals surface area contributed by atoms with Gasteiger partial charge in [-0.2, -0.15) is 4.98 Å². The van der Waals surface area contributed by atoms with E-state index in [0.717, 1.165) is 49.5 Å². The minimum atomic E-state index is -0.109. The van der Waals surface area contributed by atoms with Gasteiger partial charge in [0.2, 0.25) is 5.95 Å². The summed E-state index contributed by atoms with van der Waals surface area (Å²) in [6.45, 7) is 7.73. The topological polar surface area (TPSA) is 83.1 Å². The summed E-state index contributed by atoms with van der Waals surface area (Å²) >= 11 is 0. The number of ether oxygens (including phenoxy) is 2. The van der Waals surface area contributed by atoms with Gasteiger partial charge in [-0.15, -0.1) is 0 Å². The lowest BCUT2D eigenvalue weighted by atomic mass is 10.3. The van der Waals surface area contributed by atoms with E-state index < -0.39 is 0 Å². The number of hydrogen-bond donors (Lipinski definition) is 1. The number of carbonyl (C=O) groups excluding carboxylic acids is 1. The zero-order valence-corrected chi connectivity index (χ0v) is 17.5. The smallest absolute Gasteiger partial charge is 0.321 e. The number of rotatable bonds is 4. The molecule has 9 heteroatoms. The molecule has 0 unspecified atom stereocenters. The standard InChI is InChI=1S/C21H28N6O3/c1-16-14-19(25-10-12-30-13-11-25)24-20(22-16)26-6-8-27(9-7-26)21(28)23-17-4-3-5-18(15-17)29-2/h3-5,14-15H,6-13H2,1-2H3,(H,23,28). The first-order chi connectivity index (χ1) is 14.6. The summed E-state index contributed by atoms with van der Waals surface area (Å²) in [5.41, 5.74) is 1.67. The van der Waals surface area contributed by atoms with Crippen LogP contribution in [0.25, 0.3) is 0 Å². The normalized spacial score (nSPS) is 17.1. The molecule has 4 rings (SSSR count). The monoisotopic (exact) mass is 412 g/mol. The fourth-order valence-corrected chi connectivity index (χ4v) is 3.65. The van der Waals surface area contributed by atoms with Crippen LogP contribution in [0.3, 0.4) is 0 Å². The molecule has 2 aliphatic heterocycles. The van der Waals surface area contributed by atoms with Crippen LogP contribution < -0.4 is 19.9 Å². The van der Waals surface area contributed by atoms with Gasteiger partial charge in [0.25, 0.3) is 0 Å². The van der Waals surface area contributed by atoms with Crippen LogP contribution in [-0.2, 0) is 4.74 Å². The SMILES string of the molecule is COc1cccc(NC(=O)N2CCN(c3nc(C)cc(N4CCOCC4)n3)CC2)c1. The Hall–Kier alpha value is -3.07. The van der Waals surface area contributed by atoms with E-state index in [1.807, 2.05) is 42.2 Å². The van der Waals surface area contributed by atoms with E-state index in [1.54, 1.807) is 7.11 Å². The van der Waals surface area contributed by atoms with Crippen molar-refractivity contribution >= 4 is 23.5 Å². The maximum absolute atomic E-state index is 12.6. The minimum absolute atomic E-state index is 0.109. The number of morpholine rings is 1. The first kappa shape index (κ1) is 20.2. The number of amides is 2. The number of anilines is 3. The van der Waals surface area contributed by atoms with Gasteiger partial charge in [-0.25, -0.2) is 9.78 Å². The van der Waals surface area contributed by atoms with Gasteiger partial charge in [-0.3, -0.25) is 0 Å². The van der Waals surface area contributed by atoms with Gasteiger partial charge in [-0.1, -0.05) is 6.07 Å². The fraction of sp³-hybridized carbons (Fsp3) is 0.476. The lowest BCUT2D eigenvalue weighted by Crippen LogP contribution is -2.50. The Morgan fingerprint density at radius 1 is 1.03 bits per heavy atom. The van der Waals surface area contributed by atoms with Gasteiger partial charge in [-0.05, 0) is 19.1 Å². The van der Waals surface area contributed by atoms with Crippen molar-refractivity contribution in [3.8, 4) is 5.75 Å². The molecule has 1 aromatic heterocycles. The minimum Gasteiger partial charge on any atom is -0.497 e. The molecule has 2 amide bonds. The molecule has 0 bridgehead atoms. The number of nitrogens with zero attached hydrogens (tertiary/aromatic N) is 5. The number of benzene rings is 1. The lowest BCUT2D eigenvalue weighted by molar-refractivity contribution is 0.122. The number of urea groups is 1. The molecule has 0 atom stereocenters. The van der Waals surface area contributed by atoms with Crippen LogP contribution in [0.4, 0.5) is 22.2 Å². The predicted molar refractivity (Wildman–Crippen MR) is 116 cm³/mol. The van der Waals surface area contributed by atoms with E-state index in [-0.39, 0.29) is 6.03 Å². The Morgan fingerprint density at radius 3 is 2.53 bits per heavy atom. The summed E-state index contributed by atoms with van der Waals surface area (Å²) in [6, 6.07) is 9.27. The summed E-state index contributed by atoms with van der Waals surface area (Å²) in [5.74, 6) is 2.38. The maximum Gasteiger partial charge on any atom is 0.321 e. The predicted octanol–water partition coefficient (Wildman–Crippen LogP) is 1.98. The first-order valence-corrected chi connectivity index (χ1v) is 10.3. The average Bonchev–Trinajstić information content (AvgIpc) is 2.79. The Morgan fingerprint density at radius 2 is 1.80 bits per heavy atom. The van der Waals surface area contributed by atoms with Crippen molar-refractivity contribution < 1.29 is 14.3 Å². The highest BCUT2D eigenvalue weighted by Crippen LogP contribution is 2.21. The van der Waals surface area contributed by atoms with Crippen molar-refractivity contribution in [1.82, 2.24) is 14.9 Å². The third kappa shape index (κ3) is 4.73. The number of carbonyl (C=O) groups is 1. The van der Waals surface area contributed by atoms with E-state index in [1.165, 1.54) is 0 Å². The average molecular weight is 412 g/mol. The first-order valence-electron chi connectivity index (χ1n) is 10.3. The largest absolute Gasteiger partial charge is 0.497 e. The third-order valence-corrected chi connectivity index (χ3v) is 5.33. The van der Waals surface area contributed by atoms with Crippen molar-refractivity contribution in [2.45, 2.75) is 6.92 Å². The van der Waals surface area contributed by atoms with Crippen LogP contribution in [0.15, 0.2) is 30.3 Å². The van der Waals surface area contributed by atoms with E-state index in [0.29, 0.717) is 31.9 Å². The second kappa shape index (κ2) is 9.17. The molecule has 2 saturated heterocycles. The molecule has 2 aliphatic rings. The van der Waals surface area contributed by atoms with E-state index >= 15 is 0 Å². The molecule has 0 spiro atoms. The van der Waals surface area contributed by atoms with Crippen LogP contribution in [0.1, 0.15) is 5.69 Å². The third-order valence-electron chi connectivity index (χ3n) is 5.33. The molecule has 30 heavy (non-hydrogen) atoms. The number of piperazine rings is 1. The van der Waals surface area contributed by atoms with Crippen LogP contribution in [-0.4, -0.2) is 80.5 Å². The quantitative estimate of drug-likeness (QED) is 0.822. The van der Waals surface area contributed by atoms with E-state index in [2.05, 4.69) is 20.1 Å². The van der Waals surface area contributed by atoms with Gasteiger partial charge >= 0.3 is 6.03 Å².